The molecule has 1 aliphatic rings. The second-order valence-corrected chi connectivity index (χ2v) is 23.9. The van der Waals surface area contributed by atoms with Crippen molar-refractivity contribution >= 4 is 51.2 Å². The van der Waals surface area contributed by atoms with Gasteiger partial charge in [0, 0.05) is 24.3 Å². The van der Waals surface area contributed by atoms with Gasteiger partial charge in [-0.15, -0.1) is 0 Å². The monoisotopic (exact) mass is 722 g/mol. The summed E-state index contributed by atoms with van der Waals surface area (Å²) in [6.07, 6.45) is 33.4. The van der Waals surface area contributed by atoms with Gasteiger partial charge in [-0.05, 0) is 24.6 Å². The first-order valence-corrected chi connectivity index (χ1v) is 25.3. The van der Waals surface area contributed by atoms with Crippen molar-refractivity contribution in [3.05, 3.63) is 0 Å². The van der Waals surface area contributed by atoms with Crippen LogP contribution < -0.4 is 0 Å². The molecule has 5 nitrogen and oxygen atoms in total. The number of ether oxygens (including phenoxy) is 2. The van der Waals surface area contributed by atoms with Crippen LogP contribution in [0.3, 0.4) is 0 Å². The fraction of sp³-hybridized carbons (Fsp3) is 0.946. The molecule has 1 heterocycles. The first kappa shape index (κ1) is 44.3. The van der Waals surface area contributed by atoms with Crippen LogP contribution in [-0.2, 0) is 35.4 Å². The van der Waals surface area contributed by atoms with Gasteiger partial charge in [-0.1, -0.05) is 191 Å². The minimum absolute atomic E-state index is 0.0479. The molecule has 0 N–H and O–H groups in total. The second-order valence-electron chi connectivity index (χ2n) is 13.2. The van der Waals surface area contributed by atoms with Crippen molar-refractivity contribution in [1.29, 1.82) is 0 Å². The topological polar surface area (TPSA) is 61.8 Å². The molecule has 46 heavy (non-hydrogen) atoms. The van der Waals surface area contributed by atoms with Gasteiger partial charge in [-0.3, -0.25) is 9.59 Å². The molecule has 1 aliphatic heterocycles. The third-order valence-electron chi connectivity index (χ3n) is 8.70. The summed E-state index contributed by atoms with van der Waals surface area (Å²) in [6.45, 7) is 4.79. The maximum absolute atomic E-state index is 12.6. The Bertz CT molecular complexity index is 759. The van der Waals surface area contributed by atoms with Gasteiger partial charge < -0.3 is 14.0 Å². The van der Waals surface area contributed by atoms with Crippen LogP contribution in [0.1, 0.15) is 194 Å². The Morgan fingerprint density at radius 1 is 0.543 bits per heavy atom. The Morgan fingerprint density at radius 2 is 0.891 bits per heavy atom. The molecule has 1 rings (SSSR count). The highest BCUT2D eigenvalue weighted by Crippen LogP contribution is 2.74. The molecule has 0 saturated carbocycles. The van der Waals surface area contributed by atoms with Crippen molar-refractivity contribution in [1.82, 2.24) is 0 Å². The van der Waals surface area contributed by atoms with Crippen LogP contribution in [-0.4, -0.2) is 42.8 Å². The van der Waals surface area contributed by atoms with Crippen LogP contribution in [0.25, 0.3) is 0 Å². The summed E-state index contributed by atoms with van der Waals surface area (Å²) in [7, 11) is 0. The SMILES string of the molecule is CCCCCCCCCCCCCCCC(=O)OC[C@H](COP1(=S)SCCS1)OC(=O)CCCCCCCCCCCCCCC. The van der Waals surface area contributed by atoms with Gasteiger partial charge in [0.1, 0.15) is 6.61 Å². The summed E-state index contributed by atoms with van der Waals surface area (Å²) < 4.78 is 15.4. The molecule has 0 bridgehead atoms. The van der Waals surface area contributed by atoms with Crippen molar-refractivity contribution in [2.45, 2.75) is 200 Å². The zero-order chi connectivity index (χ0) is 33.4. The molecule has 0 aliphatic carbocycles. The quantitative estimate of drug-likeness (QED) is 0.0369. The average Bonchev–Trinajstić information content (AvgIpc) is 3.49. The molecular formula is C37H71O5PS3. The molecule has 272 valence electrons. The molecule has 0 aromatic rings. The summed E-state index contributed by atoms with van der Waals surface area (Å²) >= 11 is 9.12. The van der Waals surface area contributed by atoms with Crippen molar-refractivity contribution in [3.63, 3.8) is 0 Å². The van der Waals surface area contributed by atoms with Crippen molar-refractivity contribution in [2.24, 2.45) is 0 Å². The highest BCUT2D eigenvalue weighted by atomic mass is 33.2. The number of esters is 2. The summed E-state index contributed by atoms with van der Waals surface area (Å²) in [5.74, 6) is 1.56. The van der Waals surface area contributed by atoms with Crippen LogP contribution >= 0.6 is 27.4 Å². The maximum atomic E-state index is 12.6. The van der Waals surface area contributed by atoms with E-state index in [0.29, 0.717) is 12.8 Å². The number of carbonyl (C=O) groups is 2. The molecule has 0 unspecified atom stereocenters. The highest BCUT2D eigenvalue weighted by molar-refractivity contribution is 9.00. The predicted octanol–water partition coefficient (Wildman–Crippen LogP) is 13.1. The lowest BCUT2D eigenvalue weighted by Crippen LogP contribution is -2.29. The maximum Gasteiger partial charge on any atom is 0.306 e. The molecule has 1 fully saturated rings. The lowest BCUT2D eigenvalue weighted by Gasteiger charge is -2.21. The third-order valence-corrected chi connectivity index (χ3v) is 18.6. The summed E-state index contributed by atoms with van der Waals surface area (Å²) in [5, 5.41) is 0. The van der Waals surface area contributed by atoms with E-state index in [4.69, 9.17) is 25.8 Å². The number of hydrogen-bond acceptors (Lipinski definition) is 8. The molecule has 1 saturated heterocycles. The van der Waals surface area contributed by atoms with E-state index in [1.165, 1.54) is 141 Å². The molecule has 9 heteroatoms. The second kappa shape index (κ2) is 32.5. The van der Waals surface area contributed by atoms with E-state index in [1.54, 1.807) is 22.8 Å². The van der Waals surface area contributed by atoms with Crippen LogP contribution in [0.5, 0.6) is 0 Å². The van der Waals surface area contributed by atoms with Crippen LogP contribution in [0, 0.1) is 0 Å². The Balaban J connectivity index is 2.15. The van der Waals surface area contributed by atoms with E-state index in [-0.39, 0.29) is 25.2 Å². The minimum atomic E-state index is -1.97. The smallest absolute Gasteiger partial charge is 0.306 e. The molecule has 1 atom stereocenters. The van der Waals surface area contributed by atoms with E-state index in [9.17, 15) is 9.59 Å². The molecular weight excluding hydrogens is 652 g/mol. The zero-order valence-electron chi connectivity index (χ0n) is 29.9. The van der Waals surface area contributed by atoms with E-state index in [0.717, 1.165) is 37.2 Å². The van der Waals surface area contributed by atoms with Crippen LogP contribution in [0.2, 0.25) is 0 Å². The average molecular weight is 723 g/mol. The van der Waals surface area contributed by atoms with E-state index in [2.05, 4.69) is 13.8 Å². The van der Waals surface area contributed by atoms with E-state index in [1.807, 2.05) is 0 Å². The first-order chi connectivity index (χ1) is 22.5. The Hall–Kier alpha value is 0.250. The van der Waals surface area contributed by atoms with Crippen LogP contribution in [0.15, 0.2) is 0 Å². The van der Waals surface area contributed by atoms with E-state index < -0.39 is 10.8 Å². The van der Waals surface area contributed by atoms with Crippen molar-refractivity contribution < 1.29 is 23.6 Å². The lowest BCUT2D eigenvalue weighted by molar-refractivity contribution is -0.160. The van der Waals surface area contributed by atoms with Gasteiger partial charge in [0.15, 0.2) is 10.8 Å². The number of unbranched alkanes of at least 4 members (excludes halogenated alkanes) is 24. The Kier molecular flexibility index (Phi) is 31.2. The predicted molar refractivity (Wildman–Crippen MR) is 207 cm³/mol. The van der Waals surface area contributed by atoms with Gasteiger partial charge in [-0.25, -0.2) is 0 Å². The molecule has 0 radical (unpaired) electrons. The third kappa shape index (κ3) is 28.1. The normalized spacial score (nSPS) is 14.8. The number of rotatable bonds is 34. The largest absolute Gasteiger partial charge is 0.462 e. The lowest BCUT2D eigenvalue weighted by atomic mass is 10.0. The standard InChI is InChI=1S/C37H71O5PS3/c1-3-5-7-9-11-13-15-17-19-21-23-25-27-29-36(38)40-33-35(34-41-43(44)45-31-32-46-43)42-37(39)30-28-26-24-22-20-18-16-14-12-10-8-6-4-2/h35H,3-34H2,1-2H3/t35-/m1/s1. The molecule has 0 aromatic heterocycles. The van der Waals surface area contributed by atoms with Gasteiger partial charge in [0.25, 0.3) is 0 Å². The summed E-state index contributed by atoms with van der Waals surface area (Å²) in [5.41, 5.74) is 0. The fourth-order valence-corrected chi connectivity index (χ4v) is 14.6. The molecule has 0 spiro atoms. The van der Waals surface area contributed by atoms with Gasteiger partial charge >= 0.3 is 11.9 Å². The van der Waals surface area contributed by atoms with Crippen LogP contribution in [0.4, 0.5) is 0 Å². The molecule has 0 aromatic carbocycles. The Labute approximate surface area is 297 Å². The highest BCUT2D eigenvalue weighted by Gasteiger charge is 2.28. The van der Waals surface area contributed by atoms with E-state index >= 15 is 0 Å². The van der Waals surface area contributed by atoms with Crippen molar-refractivity contribution in [3.8, 4) is 0 Å². The van der Waals surface area contributed by atoms with Gasteiger partial charge in [-0.2, -0.15) is 0 Å². The van der Waals surface area contributed by atoms with Gasteiger partial charge in [0.05, 0.1) is 6.61 Å². The number of hydrogen-bond donors (Lipinski definition) is 0. The first-order valence-electron chi connectivity index (χ1n) is 19.4. The summed E-state index contributed by atoms with van der Waals surface area (Å²) in [4.78, 5) is 25.1. The van der Waals surface area contributed by atoms with Gasteiger partial charge in [0.2, 0.25) is 0 Å². The Morgan fingerprint density at radius 3 is 1.28 bits per heavy atom. The number of carbonyl (C=O) groups excluding carboxylic acids is 2. The zero-order valence-corrected chi connectivity index (χ0v) is 33.3. The summed E-state index contributed by atoms with van der Waals surface area (Å²) in [6, 6.07) is 0. The fourth-order valence-electron chi connectivity index (χ4n) is 5.78. The van der Waals surface area contributed by atoms with Crippen molar-refractivity contribution in [2.75, 3.05) is 24.7 Å². The molecule has 0 amide bonds. The minimum Gasteiger partial charge on any atom is -0.462 e.